The number of hydrogen-bond acceptors (Lipinski definition) is 4. The lowest BCUT2D eigenvalue weighted by molar-refractivity contribution is -0.111. The van der Waals surface area contributed by atoms with Crippen LogP contribution in [0.25, 0.3) is 6.08 Å². The van der Waals surface area contributed by atoms with Crippen LogP contribution in [-0.2, 0) is 14.8 Å². The van der Waals surface area contributed by atoms with Gasteiger partial charge in [-0.1, -0.05) is 37.3 Å². The van der Waals surface area contributed by atoms with Crippen LogP contribution >= 0.6 is 0 Å². The van der Waals surface area contributed by atoms with Crippen LogP contribution in [0.4, 0.5) is 11.4 Å². The molecule has 7 heteroatoms. The summed E-state index contributed by atoms with van der Waals surface area (Å²) in [6, 6.07) is 18.5. The van der Waals surface area contributed by atoms with E-state index in [1.54, 1.807) is 48.5 Å². The summed E-state index contributed by atoms with van der Waals surface area (Å²) in [4.78, 5) is 12.5. The summed E-state index contributed by atoms with van der Waals surface area (Å²) >= 11 is 0. The molecule has 3 aromatic rings. The first-order chi connectivity index (χ1) is 14.4. The standard InChI is InChI=1S/C23H22N2O4S/c1-16-15-19(16)22-13-11-17(29-22)12-14-23(26)24-20-9-5-6-10-21(20)25-30(27,28)18-7-3-2-4-8-18/h2-14,16,19,25H,15H2,1H3,(H,24,26)/b14-12+. The van der Waals surface area contributed by atoms with Crippen molar-refractivity contribution in [2.45, 2.75) is 24.2 Å². The number of carbonyl (C=O) groups excluding carboxylic acids is 1. The van der Waals surface area contributed by atoms with Crippen LogP contribution in [0.15, 0.2) is 82.1 Å². The Hall–Kier alpha value is -3.32. The monoisotopic (exact) mass is 422 g/mol. The molecule has 1 heterocycles. The van der Waals surface area contributed by atoms with Crippen molar-refractivity contribution in [3.8, 4) is 0 Å². The van der Waals surface area contributed by atoms with E-state index in [1.165, 1.54) is 18.2 Å². The molecule has 4 rings (SSSR count). The molecule has 0 saturated heterocycles. The molecular weight excluding hydrogens is 400 g/mol. The Morgan fingerprint density at radius 2 is 1.67 bits per heavy atom. The molecular formula is C23H22N2O4S. The lowest BCUT2D eigenvalue weighted by Crippen LogP contribution is -2.16. The largest absolute Gasteiger partial charge is 0.461 e. The average Bonchev–Trinajstić information content (AvgIpc) is 3.28. The minimum Gasteiger partial charge on any atom is -0.461 e. The molecule has 0 spiro atoms. The summed E-state index contributed by atoms with van der Waals surface area (Å²) in [6.07, 6.45) is 4.09. The zero-order valence-corrected chi connectivity index (χ0v) is 17.2. The molecule has 2 atom stereocenters. The lowest BCUT2D eigenvalue weighted by atomic mass is 10.2. The second-order valence-corrected chi connectivity index (χ2v) is 9.03. The number of benzene rings is 2. The molecule has 2 unspecified atom stereocenters. The number of amides is 1. The van der Waals surface area contributed by atoms with Crippen molar-refractivity contribution in [3.05, 3.63) is 84.3 Å². The van der Waals surface area contributed by atoms with Crippen LogP contribution in [0.5, 0.6) is 0 Å². The van der Waals surface area contributed by atoms with Crippen LogP contribution in [0.2, 0.25) is 0 Å². The topological polar surface area (TPSA) is 88.4 Å². The molecule has 1 aliphatic rings. The van der Waals surface area contributed by atoms with Crippen LogP contribution in [0, 0.1) is 5.92 Å². The summed E-state index contributed by atoms with van der Waals surface area (Å²) in [7, 11) is -3.77. The summed E-state index contributed by atoms with van der Waals surface area (Å²) in [6.45, 7) is 2.18. The molecule has 2 aromatic carbocycles. The first-order valence-corrected chi connectivity index (χ1v) is 11.2. The van der Waals surface area contributed by atoms with Gasteiger partial charge in [0.15, 0.2) is 0 Å². The Morgan fingerprint density at radius 3 is 2.37 bits per heavy atom. The molecule has 154 valence electrons. The number of hydrogen-bond donors (Lipinski definition) is 2. The van der Waals surface area contributed by atoms with Gasteiger partial charge in [-0.05, 0) is 54.8 Å². The second-order valence-electron chi connectivity index (χ2n) is 7.35. The highest BCUT2D eigenvalue weighted by Crippen LogP contribution is 2.47. The maximum absolute atomic E-state index is 12.6. The summed E-state index contributed by atoms with van der Waals surface area (Å²) < 4.78 is 33.5. The Kier molecular flexibility index (Phi) is 5.46. The molecule has 30 heavy (non-hydrogen) atoms. The summed E-state index contributed by atoms with van der Waals surface area (Å²) in [5.74, 6) is 2.29. The van der Waals surface area contributed by atoms with Crippen molar-refractivity contribution in [2.75, 3.05) is 10.0 Å². The quantitative estimate of drug-likeness (QED) is 0.533. The van der Waals surface area contributed by atoms with Gasteiger partial charge in [0.25, 0.3) is 10.0 Å². The van der Waals surface area contributed by atoms with E-state index >= 15 is 0 Å². The van der Waals surface area contributed by atoms with Gasteiger partial charge in [0, 0.05) is 12.0 Å². The van der Waals surface area contributed by atoms with E-state index in [2.05, 4.69) is 17.0 Å². The maximum atomic E-state index is 12.6. The fourth-order valence-electron chi connectivity index (χ4n) is 3.19. The van der Waals surface area contributed by atoms with Gasteiger partial charge in [0.1, 0.15) is 11.5 Å². The van der Waals surface area contributed by atoms with Gasteiger partial charge in [-0.2, -0.15) is 0 Å². The van der Waals surface area contributed by atoms with Crippen molar-refractivity contribution >= 4 is 33.4 Å². The summed E-state index contributed by atoms with van der Waals surface area (Å²) in [5, 5.41) is 2.71. The number of nitrogens with one attached hydrogen (secondary N) is 2. The van der Waals surface area contributed by atoms with Gasteiger partial charge in [-0.15, -0.1) is 0 Å². The Morgan fingerprint density at radius 1 is 1.00 bits per heavy atom. The molecule has 1 fully saturated rings. The van der Waals surface area contributed by atoms with Crippen molar-refractivity contribution in [3.63, 3.8) is 0 Å². The van der Waals surface area contributed by atoms with Crippen molar-refractivity contribution in [2.24, 2.45) is 5.92 Å². The second kappa shape index (κ2) is 8.20. The molecule has 1 aliphatic carbocycles. The van der Waals surface area contributed by atoms with Crippen LogP contribution in [0.3, 0.4) is 0 Å². The fourth-order valence-corrected chi connectivity index (χ4v) is 4.29. The molecule has 0 bridgehead atoms. The highest BCUT2D eigenvalue weighted by Gasteiger charge is 2.36. The predicted molar refractivity (Wildman–Crippen MR) is 117 cm³/mol. The Labute approximate surface area is 175 Å². The highest BCUT2D eigenvalue weighted by atomic mass is 32.2. The number of anilines is 2. The van der Waals surface area contributed by atoms with Crippen LogP contribution in [-0.4, -0.2) is 14.3 Å². The maximum Gasteiger partial charge on any atom is 0.261 e. The predicted octanol–water partition coefficient (Wildman–Crippen LogP) is 4.86. The zero-order chi connectivity index (χ0) is 21.1. The van der Waals surface area contributed by atoms with Crippen molar-refractivity contribution in [1.29, 1.82) is 0 Å². The Balaban J connectivity index is 1.45. The van der Waals surface area contributed by atoms with E-state index in [0.29, 0.717) is 23.3 Å². The minimum absolute atomic E-state index is 0.143. The normalized spacial score (nSPS) is 18.3. The number of carbonyl (C=O) groups is 1. The van der Waals surface area contributed by atoms with Crippen molar-refractivity contribution < 1.29 is 17.6 Å². The van der Waals surface area contributed by atoms with Gasteiger partial charge < -0.3 is 9.73 Å². The van der Waals surface area contributed by atoms with E-state index in [1.807, 2.05) is 12.1 Å². The number of para-hydroxylation sites is 2. The molecule has 1 saturated carbocycles. The first kappa shape index (κ1) is 20.0. The first-order valence-electron chi connectivity index (χ1n) is 9.68. The zero-order valence-electron chi connectivity index (χ0n) is 16.4. The number of furan rings is 1. The van der Waals surface area contributed by atoms with Gasteiger partial charge >= 0.3 is 0 Å². The third-order valence-corrected chi connectivity index (χ3v) is 6.39. The van der Waals surface area contributed by atoms with E-state index in [-0.39, 0.29) is 16.5 Å². The third kappa shape index (κ3) is 4.63. The van der Waals surface area contributed by atoms with Crippen LogP contribution in [0.1, 0.15) is 30.8 Å². The van der Waals surface area contributed by atoms with E-state index in [0.717, 1.165) is 12.2 Å². The SMILES string of the molecule is CC1CC1c1ccc(/C=C/C(=O)Nc2ccccc2NS(=O)(=O)c2ccccc2)o1. The average molecular weight is 423 g/mol. The van der Waals surface area contributed by atoms with Crippen LogP contribution < -0.4 is 10.0 Å². The molecule has 1 amide bonds. The number of sulfonamides is 1. The van der Waals surface area contributed by atoms with Gasteiger partial charge in [-0.3, -0.25) is 9.52 Å². The summed E-state index contributed by atoms with van der Waals surface area (Å²) in [5.41, 5.74) is 0.643. The fraction of sp³-hybridized carbons (Fsp3) is 0.174. The van der Waals surface area contributed by atoms with Gasteiger partial charge in [0.2, 0.25) is 5.91 Å². The number of rotatable bonds is 7. The van der Waals surface area contributed by atoms with Crippen molar-refractivity contribution in [1.82, 2.24) is 0 Å². The molecule has 6 nitrogen and oxygen atoms in total. The molecule has 0 radical (unpaired) electrons. The van der Waals surface area contributed by atoms with Gasteiger partial charge in [0.05, 0.1) is 16.3 Å². The van der Waals surface area contributed by atoms with E-state index in [4.69, 9.17) is 4.42 Å². The third-order valence-electron chi connectivity index (χ3n) is 5.00. The molecule has 2 N–H and O–H groups in total. The lowest BCUT2D eigenvalue weighted by Gasteiger charge is -2.12. The van der Waals surface area contributed by atoms with E-state index in [9.17, 15) is 13.2 Å². The Bertz CT molecular complexity index is 1180. The van der Waals surface area contributed by atoms with Gasteiger partial charge in [-0.25, -0.2) is 8.42 Å². The molecule has 1 aromatic heterocycles. The minimum atomic E-state index is -3.77. The smallest absolute Gasteiger partial charge is 0.261 e. The van der Waals surface area contributed by atoms with E-state index < -0.39 is 10.0 Å². The highest BCUT2D eigenvalue weighted by molar-refractivity contribution is 7.92. The molecule has 0 aliphatic heterocycles.